The van der Waals surface area contributed by atoms with Crippen LogP contribution in [0.2, 0.25) is 0 Å². The Labute approximate surface area is 136 Å². The highest BCUT2D eigenvalue weighted by Gasteiger charge is 2.32. The molecule has 0 aliphatic carbocycles. The van der Waals surface area contributed by atoms with Gasteiger partial charge in [0, 0.05) is 16.0 Å². The van der Waals surface area contributed by atoms with Gasteiger partial charge in [0.1, 0.15) is 0 Å². The van der Waals surface area contributed by atoms with Crippen LogP contribution in [0.3, 0.4) is 0 Å². The van der Waals surface area contributed by atoms with Crippen molar-refractivity contribution in [1.82, 2.24) is 5.43 Å². The molecular formula is C14H17BrN2OS2. The first kappa shape index (κ1) is 15.9. The summed E-state index contributed by atoms with van der Waals surface area (Å²) in [5, 5.41) is 4.18. The van der Waals surface area contributed by atoms with Crippen molar-refractivity contribution in [1.29, 1.82) is 0 Å². The molecule has 1 aromatic rings. The first-order valence-corrected chi connectivity index (χ1v) is 9.12. The molecule has 2 rings (SSSR count). The van der Waals surface area contributed by atoms with Gasteiger partial charge >= 0.3 is 0 Å². The number of thioether (sulfide) groups is 2. The minimum absolute atomic E-state index is 0.00508. The van der Waals surface area contributed by atoms with Crippen molar-refractivity contribution in [3.8, 4) is 0 Å². The van der Waals surface area contributed by atoms with Crippen LogP contribution in [-0.2, 0) is 4.79 Å². The van der Waals surface area contributed by atoms with Crippen LogP contribution >= 0.6 is 39.5 Å². The van der Waals surface area contributed by atoms with E-state index in [1.54, 1.807) is 0 Å². The predicted octanol–water partition coefficient (Wildman–Crippen LogP) is 3.88. The fraction of sp³-hybridized carbons (Fsp3) is 0.429. The summed E-state index contributed by atoms with van der Waals surface area (Å²) >= 11 is 7.10. The predicted molar refractivity (Wildman–Crippen MR) is 92.4 cm³/mol. The van der Waals surface area contributed by atoms with Crippen molar-refractivity contribution >= 4 is 51.1 Å². The lowest BCUT2D eigenvalue weighted by Crippen LogP contribution is -2.26. The number of carbonyl (C=O) groups excluding carboxylic acids is 1. The molecule has 1 amide bonds. The highest BCUT2D eigenvalue weighted by molar-refractivity contribution is 9.10. The third-order valence-corrected chi connectivity index (χ3v) is 6.81. The van der Waals surface area contributed by atoms with E-state index in [1.807, 2.05) is 54.7 Å². The van der Waals surface area contributed by atoms with Crippen LogP contribution in [0.25, 0.3) is 0 Å². The first-order valence-electron chi connectivity index (χ1n) is 6.35. The normalized spacial score (nSPS) is 18.1. The maximum absolute atomic E-state index is 11.9. The molecule has 0 unspecified atom stereocenters. The molecule has 6 heteroatoms. The quantitative estimate of drug-likeness (QED) is 0.643. The number of carbonyl (C=O) groups is 1. The number of nitrogens with zero attached hydrogens (tertiary/aromatic N) is 1. The van der Waals surface area contributed by atoms with Gasteiger partial charge in [0.25, 0.3) is 0 Å². The molecule has 1 fully saturated rings. The molecule has 1 aliphatic heterocycles. The highest BCUT2D eigenvalue weighted by atomic mass is 79.9. The zero-order valence-corrected chi connectivity index (χ0v) is 14.7. The topological polar surface area (TPSA) is 41.5 Å². The summed E-state index contributed by atoms with van der Waals surface area (Å²) in [6, 6.07) is 7.87. The van der Waals surface area contributed by atoms with Crippen LogP contribution < -0.4 is 5.43 Å². The van der Waals surface area contributed by atoms with Gasteiger partial charge in [-0.25, -0.2) is 5.43 Å². The molecule has 0 radical (unpaired) electrons. The number of hydrazone groups is 1. The second-order valence-corrected chi connectivity index (χ2v) is 9.12. The van der Waals surface area contributed by atoms with Gasteiger partial charge < -0.3 is 0 Å². The van der Waals surface area contributed by atoms with Crippen molar-refractivity contribution in [3.63, 3.8) is 0 Å². The molecule has 1 N–H and O–H groups in total. The van der Waals surface area contributed by atoms with E-state index in [1.165, 1.54) is 0 Å². The van der Waals surface area contributed by atoms with E-state index in [4.69, 9.17) is 0 Å². The summed E-state index contributed by atoms with van der Waals surface area (Å²) in [4.78, 5) is 11.9. The molecule has 108 valence electrons. The summed E-state index contributed by atoms with van der Waals surface area (Å²) < 4.78 is 1.03. The van der Waals surface area contributed by atoms with Crippen LogP contribution in [-0.4, -0.2) is 27.2 Å². The smallest absolute Gasteiger partial charge is 0.242 e. The molecule has 0 spiro atoms. The maximum Gasteiger partial charge on any atom is 0.242 e. The van der Waals surface area contributed by atoms with E-state index in [0.29, 0.717) is 6.42 Å². The Hall–Kier alpha value is -0.460. The second-order valence-electron chi connectivity index (χ2n) is 4.75. The van der Waals surface area contributed by atoms with Crippen molar-refractivity contribution in [2.24, 2.45) is 5.10 Å². The van der Waals surface area contributed by atoms with Gasteiger partial charge in [-0.2, -0.15) is 5.10 Å². The Bertz CT molecular complexity index is 510. The summed E-state index contributed by atoms with van der Waals surface area (Å²) in [5.41, 5.74) is 4.47. The molecule has 1 aliphatic rings. The number of hydrogen-bond acceptors (Lipinski definition) is 4. The zero-order chi connectivity index (χ0) is 14.6. The molecule has 3 nitrogen and oxygen atoms in total. The molecule has 0 aromatic heterocycles. The lowest BCUT2D eigenvalue weighted by Gasteiger charge is -2.19. The van der Waals surface area contributed by atoms with Crippen molar-refractivity contribution in [2.75, 3.05) is 11.5 Å². The minimum atomic E-state index is -0.0224. The Kier molecular flexibility index (Phi) is 5.57. The van der Waals surface area contributed by atoms with Gasteiger partial charge in [0.15, 0.2) is 0 Å². The van der Waals surface area contributed by atoms with Crippen LogP contribution in [0.4, 0.5) is 0 Å². The largest absolute Gasteiger partial charge is 0.273 e. The van der Waals surface area contributed by atoms with E-state index in [0.717, 1.165) is 27.3 Å². The third kappa shape index (κ3) is 4.53. The summed E-state index contributed by atoms with van der Waals surface area (Å²) in [5.74, 6) is 2.22. The number of nitrogens with one attached hydrogen (secondary N) is 1. The highest BCUT2D eigenvalue weighted by Crippen LogP contribution is 2.45. The Morgan fingerprint density at radius 1 is 1.35 bits per heavy atom. The lowest BCUT2D eigenvalue weighted by molar-refractivity contribution is -0.121. The van der Waals surface area contributed by atoms with Crippen LogP contribution in [0.15, 0.2) is 33.8 Å². The monoisotopic (exact) mass is 372 g/mol. The van der Waals surface area contributed by atoms with E-state index >= 15 is 0 Å². The molecule has 0 bridgehead atoms. The number of hydrogen-bond donors (Lipinski definition) is 1. The Balaban J connectivity index is 1.91. The molecule has 1 saturated heterocycles. The Morgan fingerprint density at radius 3 is 2.55 bits per heavy atom. The van der Waals surface area contributed by atoms with Gasteiger partial charge in [-0.15, -0.1) is 23.5 Å². The van der Waals surface area contributed by atoms with Gasteiger partial charge in [0.2, 0.25) is 5.91 Å². The fourth-order valence-corrected chi connectivity index (χ4v) is 4.99. The van der Waals surface area contributed by atoms with E-state index in [9.17, 15) is 4.79 Å². The average molecular weight is 373 g/mol. The molecular weight excluding hydrogens is 356 g/mol. The van der Waals surface area contributed by atoms with E-state index < -0.39 is 0 Å². The maximum atomic E-state index is 11.9. The summed E-state index contributed by atoms with van der Waals surface area (Å²) in [7, 11) is 0. The van der Waals surface area contributed by atoms with Gasteiger partial charge in [0.05, 0.1) is 16.2 Å². The minimum Gasteiger partial charge on any atom is -0.273 e. The van der Waals surface area contributed by atoms with Crippen LogP contribution in [0.5, 0.6) is 0 Å². The van der Waals surface area contributed by atoms with Gasteiger partial charge in [-0.1, -0.05) is 28.1 Å². The first-order chi connectivity index (χ1) is 9.48. The number of benzene rings is 1. The van der Waals surface area contributed by atoms with Crippen LogP contribution in [0, 0.1) is 0 Å². The van der Waals surface area contributed by atoms with E-state index in [-0.39, 0.29) is 9.99 Å². The standard InChI is InChI=1S/C14H17BrN2OS2/c1-10(11-3-5-12(15)6-4-11)16-17-13(18)9-14(2)19-7-8-20-14/h3-6H,7-9H2,1-2H3,(H,17,18)/b16-10-. The molecule has 0 saturated carbocycles. The SMILES string of the molecule is C/C(=N/NC(=O)CC1(C)SCCS1)c1ccc(Br)cc1. The fourth-order valence-electron chi connectivity index (χ4n) is 1.89. The van der Waals surface area contributed by atoms with Crippen molar-refractivity contribution in [2.45, 2.75) is 24.3 Å². The van der Waals surface area contributed by atoms with Crippen molar-refractivity contribution in [3.05, 3.63) is 34.3 Å². The van der Waals surface area contributed by atoms with Crippen LogP contribution in [0.1, 0.15) is 25.8 Å². The molecule has 20 heavy (non-hydrogen) atoms. The van der Waals surface area contributed by atoms with Gasteiger partial charge in [-0.05, 0) is 31.5 Å². The van der Waals surface area contributed by atoms with Gasteiger partial charge in [-0.3, -0.25) is 4.79 Å². The zero-order valence-electron chi connectivity index (χ0n) is 11.5. The molecule has 0 atom stereocenters. The molecule has 1 heterocycles. The second kappa shape index (κ2) is 7.00. The Morgan fingerprint density at radius 2 is 1.95 bits per heavy atom. The summed E-state index contributed by atoms with van der Waals surface area (Å²) in [6.07, 6.45) is 0.499. The summed E-state index contributed by atoms with van der Waals surface area (Å²) in [6.45, 7) is 4.02. The number of halogens is 1. The molecule has 1 aromatic carbocycles. The van der Waals surface area contributed by atoms with Crippen molar-refractivity contribution < 1.29 is 4.79 Å². The number of amides is 1. The average Bonchev–Trinajstić information content (AvgIpc) is 2.83. The lowest BCUT2D eigenvalue weighted by atomic mass is 10.1. The third-order valence-electron chi connectivity index (χ3n) is 2.99. The number of rotatable bonds is 4. The van der Waals surface area contributed by atoms with E-state index in [2.05, 4.69) is 33.4 Å².